The molecule has 0 bridgehead atoms. The molecule has 0 amide bonds. The van der Waals surface area contributed by atoms with Gasteiger partial charge in [-0.05, 0) is 36.8 Å². The third-order valence-corrected chi connectivity index (χ3v) is 3.25. The van der Waals surface area contributed by atoms with Crippen molar-refractivity contribution in [3.05, 3.63) is 24.0 Å². The van der Waals surface area contributed by atoms with Gasteiger partial charge in [0.2, 0.25) is 0 Å². The molecule has 15 heavy (non-hydrogen) atoms. The zero-order valence-corrected chi connectivity index (χ0v) is 9.87. The summed E-state index contributed by atoms with van der Waals surface area (Å²) < 4.78 is 2.11. The minimum absolute atomic E-state index is 0.759. The van der Waals surface area contributed by atoms with Crippen molar-refractivity contribution in [1.82, 2.24) is 9.88 Å². The SMILES string of the molecule is CCC[C@@H](NCc1ccn(C)c1)C1CC1. The van der Waals surface area contributed by atoms with Crippen LogP contribution < -0.4 is 5.32 Å². The summed E-state index contributed by atoms with van der Waals surface area (Å²) in [5.41, 5.74) is 1.40. The smallest absolute Gasteiger partial charge is 0.0223 e. The maximum absolute atomic E-state index is 3.70. The molecule has 1 aliphatic rings. The number of aromatic nitrogens is 1. The molecule has 0 spiro atoms. The van der Waals surface area contributed by atoms with Crippen molar-refractivity contribution < 1.29 is 0 Å². The largest absolute Gasteiger partial charge is 0.357 e. The number of nitrogens with one attached hydrogen (secondary N) is 1. The van der Waals surface area contributed by atoms with Crippen LogP contribution in [0.15, 0.2) is 18.5 Å². The zero-order chi connectivity index (χ0) is 10.7. The second kappa shape index (κ2) is 4.84. The lowest BCUT2D eigenvalue weighted by molar-refractivity contribution is 0.430. The monoisotopic (exact) mass is 206 g/mol. The van der Waals surface area contributed by atoms with E-state index in [0.29, 0.717) is 0 Å². The quantitative estimate of drug-likeness (QED) is 0.757. The number of rotatable bonds is 6. The Morgan fingerprint density at radius 3 is 2.87 bits per heavy atom. The van der Waals surface area contributed by atoms with E-state index in [1.165, 1.54) is 31.2 Å². The number of aryl methyl sites for hydroxylation is 1. The fourth-order valence-corrected chi connectivity index (χ4v) is 2.23. The van der Waals surface area contributed by atoms with Gasteiger partial charge in [-0.15, -0.1) is 0 Å². The van der Waals surface area contributed by atoms with Gasteiger partial charge in [0.05, 0.1) is 0 Å². The maximum atomic E-state index is 3.70. The normalized spacial score (nSPS) is 18.0. The molecule has 1 aliphatic carbocycles. The summed E-state index contributed by atoms with van der Waals surface area (Å²) in [6, 6.07) is 2.96. The molecular weight excluding hydrogens is 184 g/mol. The summed E-state index contributed by atoms with van der Waals surface area (Å²) in [5, 5.41) is 3.70. The molecule has 2 heteroatoms. The molecule has 1 N–H and O–H groups in total. The predicted octanol–water partition coefficient (Wildman–Crippen LogP) is 2.69. The first-order valence-corrected chi connectivity index (χ1v) is 6.14. The molecule has 1 heterocycles. The molecule has 0 aliphatic heterocycles. The van der Waals surface area contributed by atoms with Crippen LogP contribution in [0.25, 0.3) is 0 Å². The predicted molar refractivity (Wildman–Crippen MR) is 63.7 cm³/mol. The third-order valence-electron chi connectivity index (χ3n) is 3.25. The summed E-state index contributed by atoms with van der Waals surface area (Å²) in [5.74, 6) is 0.966. The second-order valence-electron chi connectivity index (χ2n) is 4.80. The minimum Gasteiger partial charge on any atom is -0.357 e. The average molecular weight is 206 g/mol. The number of hydrogen-bond acceptors (Lipinski definition) is 1. The van der Waals surface area contributed by atoms with Crippen LogP contribution in [-0.2, 0) is 13.6 Å². The van der Waals surface area contributed by atoms with Crippen LogP contribution in [0, 0.1) is 5.92 Å². The molecule has 0 saturated heterocycles. The van der Waals surface area contributed by atoms with E-state index in [0.717, 1.165) is 18.5 Å². The third kappa shape index (κ3) is 3.10. The van der Waals surface area contributed by atoms with Crippen molar-refractivity contribution >= 4 is 0 Å². The van der Waals surface area contributed by atoms with Gasteiger partial charge >= 0.3 is 0 Å². The fraction of sp³-hybridized carbons (Fsp3) is 0.692. The highest BCUT2D eigenvalue weighted by molar-refractivity contribution is 5.09. The van der Waals surface area contributed by atoms with Crippen molar-refractivity contribution in [3.63, 3.8) is 0 Å². The van der Waals surface area contributed by atoms with Crippen molar-refractivity contribution in [2.45, 2.75) is 45.2 Å². The molecular formula is C13H22N2. The van der Waals surface area contributed by atoms with Crippen LogP contribution in [0.3, 0.4) is 0 Å². The van der Waals surface area contributed by atoms with Crippen LogP contribution in [0.5, 0.6) is 0 Å². The van der Waals surface area contributed by atoms with Crippen molar-refractivity contribution in [3.8, 4) is 0 Å². The molecule has 0 unspecified atom stereocenters. The van der Waals surface area contributed by atoms with Gasteiger partial charge in [-0.25, -0.2) is 0 Å². The molecule has 1 fully saturated rings. The van der Waals surface area contributed by atoms with Gasteiger partial charge in [-0.3, -0.25) is 0 Å². The Bertz CT molecular complexity index is 299. The van der Waals surface area contributed by atoms with Crippen LogP contribution in [0.4, 0.5) is 0 Å². The molecule has 84 valence electrons. The van der Waals surface area contributed by atoms with Crippen LogP contribution >= 0.6 is 0 Å². The van der Waals surface area contributed by atoms with Gasteiger partial charge in [0.1, 0.15) is 0 Å². The van der Waals surface area contributed by atoms with Gasteiger partial charge in [-0.1, -0.05) is 13.3 Å². The van der Waals surface area contributed by atoms with E-state index in [-0.39, 0.29) is 0 Å². The first-order valence-electron chi connectivity index (χ1n) is 6.14. The Hall–Kier alpha value is -0.760. The molecule has 2 rings (SSSR count). The Morgan fingerprint density at radius 2 is 2.33 bits per heavy atom. The summed E-state index contributed by atoms with van der Waals surface area (Å²) in [6.07, 6.45) is 9.81. The summed E-state index contributed by atoms with van der Waals surface area (Å²) in [6.45, 7) is 3.31. The van der Waals surface area contributed by atoms with E-state index in [2.05, 4.69) is 42.3 Å². The Kier molecular flexibility index (Phi) is 3.47. The van der Waals surface area contributed by atoms with Crippen molar-refractivity contribution in [2.24, 2.45) is 13.0 Å². The molecule has 0 radical (unpaired) electrons. The van der Waals surface area contributed by atoms with E-state index >= 15 is 0 Å². The lowest BCUT2D eigenvalue weighted by Crippen LogP contribution is -2.30. The van der Waals surface area contributed by atoms with Gasteiger partial charge in [-0.2, -0.15) is 0 Å². The Morgan fingerprint density at radius 1 is 1.53 bits per heavy atom. The average Bonchev–Trinajstić information content (AvgIpc) is 2.97. The van der Waals surface area contributed by atoms with Gasteiger partial charge < -0.3 is 9.88 Å². The standard InChI is InChI=1S/C13H22N2/c1-3-4-13(12-5-6-12)14-9-11-7-8-15(2)10-11/h7-8,10,12-14H,3-6,9H2,1-2H3/t13-/m1/s1. The molecule has 2 nitrogen and oxygen atoms in total. The highest BCUT2D eigenvalue weighted by atomic mass is 14.9. The summed E-state index contributed by atoms with van der Waals surface area (Å²) in [4.78, 5) is 0. The minimum atomic E-state index is 0.759. The summed E-state index contributed by atoms with van der Waals surface area (Å²) >= 11 is 0. The van der Waals surface area contributed by atoms with E-state index < -0.39 is 0 Å². The lowest BCUT2D eigenvalue weighted by Gasteiger charge is -2.16. The highest BCUT2D eigenvalue weighted by Gasteiger charge is 2.29. The van der Waals surface area contributed by atoms with Crippen molar-refractivity contribution in [2.75, 3.05) is 0 Å². The van der Waals surface area contributed by atoms with E-state index in [4.69, 9.17) is 0 Å². The van der Waals surface area contributed by atoms with Crippen LogP contribution in [0.1, 0.15) is 38.2 Å². The van der Waals surface area contributed by atoms with E-state index in [9.17, 15) is 0 Å². The van der Waals surface area contributed by atoms with Crippen LogP contribution in [-0.4, -0.2) is 10.6 Å². The second-order valence-corrected chi connectivity index (χ2v) is 4.80. The first kappa shape index (κ1) is 10.7. The number of nitrogens with zero attached hydrogens (tertiary/aromatic N) is 1. The molecule has 1 atom stereocenters. The molecule has 0 aromatic carbocycles. The fourth-order valence-electron chi connectivity index (χ4n) is 2.23. The molecule has 1 aromatic heterocycles. The highest BCUT2D eigenvalue weighted by Crippen LogP contribution is 2.34. The molecule has 1 saturated carbocycles. The van der Waals surface area contributed by atoms with Crippen molar-refractivity contribution in [1.29, 1.82) is 0 Å². The van der Waals surface area contributed by atoms with E-state index in [1.54, 1.807) is 0 Å². The van der Waals surface area contributed by atoms with E-state index in [1.807, 2.05) is 0 Å². The first-order chi connectivity index (χ1) is 7.29. The topological polar surface area (TPSA) is 17.0 Å². The maximum Gasteiger partial charge on any atom is 0.0223 e. The van der Waals surface area contributed by atoms with Gasteiger partial charge in [0, 0.05) is 32.0 Å². The Balaban J connectivity index is 1.79. The Labute approximate surface area is 92.7 Å². The van der Waals surface area contributed by atoms with Crippen LogP contribution in [0.2, 0.25) is 0 Å². The van der Waals surface area contributed by atoms with Gasteiger partial charge in [0.15, 0.2) is 0 Å². The zero-order valence-electron chi connectivity index (χ0n) is 9.87. The summed E-state index contributed by atoms with van der Waals surface area (Å²) in [7, 11) is 2.08. The lowest BCUT2D eigenvalue weighted by atomic mass is 10.1. The number of hydrogen-bond donors (Lipinski definition) is 1. The molecule has 1 aromatic rings. The van der Waals surface area contributed by atoms with Gasteiger partial charge in [0.25, 0.3) is 0 Å².